The van der Waals surface area contributed by atoms with Gasteiger partial charge in [0.15, 0.2) is 0 Å². The molecule has 0 radical (unpaired) electrons. The number of carbonyl (C=O) groups is 2. The van der Waals surface area contributed by atoms with Crippen molar-refractivity contribution in [1.82, 2.24) is 10.6 Å². The molecule has 0 bridgehead atoms. The van der Waals surface area contributed by atoms with Crippen LogP contribution in [-0.4, -0.2) is 40.2 Å². The molecule has 2 aliphatic rings. The fourth-order valence-electron chi connectivity index (χ4n) is 2.25. The van der Waals surface area contributed by atoms with E-state index in [9.17, 15) is 14.7 Å². The summed E-state index contributed by atoms with van der Waals surface area (Å²) >= 11 is 1.12. The molecule has 1 heterocycles. The first kappa shape index (κ1) is 11.7. The number of thioether (sulfide) groups is 1. The van der Waals surface area contributed by atoms with Gasteiger partial charge in [-0.1, -0.05) is 24.6 Å². The van der Waals surface area contributed by atoms with Crippen molar-refractivity contribution in [3.8, 4) is 0 Å². The molecule has 0 spiro atoms. The van der Waals surface area contributed by atoms with Gasteiger partial charge in [0.2, 0.25) is 5.91 Å². The van der Waals surface area contributed by atoms with E-state index in [1.165, 1.54) is 0 Å². The molecule has 0 aromatic carbocycles. The van der Waals surface area contributed by atoms with Crippen LogP contribution in [0.3, 0.4) is 0 Å². The molecule has 0 aromatic rings. The average molecular weight is 244 g/mol. The Labute approximate surface area is 98.4 Å². The van der Waals surface area contributed by atoms with Crippen molar-refractivity contribution in [2.24, 2.45) is 0 Å². The molecule has 3 N–H and O–H groups in total. The lowest BCUT2D eigenvalue weighted by molar-refractivity contribution is -0.124. The largest absolute Gasteiger partial charge is 0.394 e. The Morgan fingerprint density at radius 1 is 1.56 bits per heavy atom. The summed E-state index contributed by atoms with van der Waals surface area (Å²) in [5.41, 5.74) is -0.449. The normalized spacial score (nSPS) is 27.8. The van der Waals surface area contributed by atoms with Gasteiger partial charge in [-0.3, -0.25) is 9.59 Å². The first-order chi connectivity index (χ1) is 7.65. The molecule has 1 saturated carbocycles. The first-order valence-corrected chi connectivity index (χ1v) is 6.50. The predicted molar refractivity (Wildman–Crippen MR) is 61.2 cm³/mol. The molecule has 2 rings (SSSR count). The highest BCUT2D eigenvalue weighted by Crippen LogP contribution is 2.29. The van der Waals surface area contributed by atoms with Crippen LogP contribution >= 0.6 is 11.8 Å². The SMILES string of the molecule is O=C1NC(C(=O)NC2(CO)CCCC2)CS1. The van der Waals surface area contributed by atoms with Gasteiger partial charge in [-0.15, -0.1) is 0 Å². The topological polar surface area (TPSA) is 78.4 Å². The van der Waals surface area contributed by atoms with Gasteiger partial charge in [0, 0.05) is 5.75 Å². The third-order valence-corrected chi connectivity index (χ3v) is 4.12. The van der Waals surface area contributed by atoms with Crippen LogP contribution in [0.25, 0.3) is 0 Å². The maximum absolute atomic E-state index is 11.9. The quantitative estimate of drug-likeness (QED) is 0.664. The monoisotopic (exact) mass is 244 g/mol. The van der Waals surface area contributed by atoms with E-state index < -0.39 is 11.6 Å². The highest BCUT2D eigenvalue weighted by atomic mass is 32.2. The predicted octanol–water partition coefficient (Wildman–Crippen LogP) is 0.233. The number of carbonyl (C=O) groups excluding carboxylic acids is 2. The van der Waals surface area contributed by atoms with E-state index in [0.29, 0.717) is 5.75 Å². The van der Waals surface area contributed by atoms with Gasteiger partial charge in [-0.05, 0) is 12.8 Å². The summed E-state index contributed by atoms with van der Waals surface area (Å²) in [6.45, 7) is -0.0213. The van der Waals surface area contributed by atoms with Crippen molar-refractivity contribution in [3.63, 3.8) is 0 Å². The number of rotatable bonds is 3. The number of hydrogen-bond acceptors (Lipinski definition) is 4. The average Bonchev–Trinajstić information content (AvgIpc) is 2.88. The van der Waals surface area contributed by atoms with Crippen LogP contribution in [0.5, 0.6) is 0 Å². The number of nitrogens with one attached hydrogen (secondary N) is 2. The zero-order valence-electron chi connectivity index (χ0n) is 8.99. The zero-order valence-corrected chi connectivity index (χ0v) is 9.81. The van der Waals surface area contributed by atoms with Crippen molar-refractivity contribution in [2.75, 3.05) is 12.4 Å². The van der Waals surface area contributed by atoms with E-state index in [2.05, 4.69) is 10.6 Å². The molecule has 1 aliphatic carbocycles. The summed E-state index contributed by atoms with van der Waals surface area (Å²) in [5.74, 6) is 0.306. The Hall–Kier alpha value is -0.750. The third kappa shape index (κ3) is 2.32. The van der Waals surface area contributed by atoms with Crippen molar-refractivity contribution < 1.29 is 14.7 Å². The molecule has 1 aliphatic heterocycles. The summed E-state index contributed by atoms with van der Waals surface area (Å²) in [6, 6.07) is -0.443. The lowest BCUT2D eigenvalue weighted by Crippen LogP contribution is -2.55. The highest BCUT2D eigenvalue weighted by Gasteiger charge is 2.38. The molecular formula is C10H16N2O3S. The van der Waals surface area contributed by atoms with Crippen molar-refractivity contribution in [3.05, 3.63) is 0 Å². The van der Waals surface area contributed by atoms with Gasteiger partial charge in [0.25, 0.3) is 5.24 Å². The van der Waals surface area contributed by atoms with Crippen LogP contribution in [-0.2, 0) is 4.79 Å². The Bertz CT molecular complexity index is 302. The van der Waals surface area contributed by atoms with E-state index in [-0.39, 0.29) is 17.8 Å². The molecule has 6 heteroatoms. The van der Waals surface area contributed by atoms with Crippen molar-refractivity contribution in [1.29, 1.82) is 0 Å². The van der Waals surface area contributed by atoms with Gasteiger partial charge in [0.1, 0.15) is 6.04 Å². The smallest absolute Gasteiger partial charge is 0.279 e. The van der Waals surface area contributed by atoms with Crippen LogP contribution < -0.4 is 10.6 Å². The van der Waals surface area contributed by atoms with Crippen LogP contribution in [0.15, 0.2) is 0 Å². The fourth-order valence-corrected chi connectivity index (χ4v) is 3.03. The Morgan fingerprint density at radius 3 is 2.75 bits per heavy atom. The van der Waals surface area contributed by atoms with Gasteiger partial charge in [-0.25, -0.2) is 0 Å². The second kappa shape index (κ2) is 4.63. The van der Waals surface area contributed by atoms with Crippen LogP contribution in [0.1, 0.15) is 25.7 Å². The molecule has 5 nitrogen and oxygen atoms in total. The maximum atomic E-state index is 11.9. The van der Waals surface area contributed by atoms with E-state index in [0.717, 1.165) is 37.4 Å². The highest BCUT2D eigenvalue weighted by molar-refractivity contribution is 8.14. The minimum atomic E-state index is -0.449. The van der Waals surface area contributed by atoms with Gasteiger partial charge in [0.05, 0.1) is 12.1 Å². The number of hydrogen-bond donors (Lipinski definition) is 3. The minimum Gasteiger partial charge on any atom is -0.394 e. The molecule has 90 valence electrons. The first-order valence-electron chi connectivity index (χ1n) is 5.51. The summed E-state index contributed by atoms with van der Waals surface area (Å²) in [5, 5.41) is 14.7. The van der Waals surface area contributed by atoms with Crippen molar-refractivity contribution in [2.45, 2.75) is 37.3 Å². The summed E-state index contributed by atoms with van der Waals surface area (Å²) in [4.78, 5) is 22.8. The van der Waals surface area contributed by atoms with Gasteiger partial charge < -0.3 is 15.7 Å². The van der Waals surface area contributed by atoms with Crippen LogP contribution in [0, 0.1) is 0 Å². The lowest BCUT2D eigenvalue weighted by atomic mass is 9.98. The van der Waals surface area contributed by atoms with E-state index in [1.807, 2.05) is 0 Å². The van der Waals surface area contributed by atoms with Crippen molar-refractivity contribution >= 4 is 22.9 Å². The van der Waals surface area contributed by atoms with E-state index in [4.69, 9.17) is 0 Å². The zero-order chi connectivity index (χ0) is 11.6. The third-order valence-electron chi connectivity index (χ3n) is 3.24. The minimum absolute atomic E-state index is 0.0213. The molecule has 1 unspecified atom stereocenters. The summed E-state index contributed by atoms with van der Waals surface area (Å²) in [6.07, 6.45) is 3.71. The summed E-state index contributed by atoms with van der Waals surface area (Å²) < 4.78 is 0. The van der Waals surface area contributed by atoms with Gasteiger partial charge >= 0.3 is 0 Å². The molecule has 2 fully saturated rings. The molecular weight excluding hydrogens is 228 g/mol. The molecule has 16 heavy (non-hydrogen) atoms. The molecule has 1 atom stereocenters. The Kier molecular flexibility index (Phi) is 3.39. The molecule has 1 saturated heterocycles. The molecule has 2 amide bonds. The van der Waals surface area contributed by atoms with E-state index >= 15 is 0 Å². The van der Waals surface area contributed by atoms with E-state index in [1.54, 1.807) is 0 Å². The maximum Gasteiger partial charge on any atom is 0.279 e. The number of amides is 2. The van der Waals surface area contributed by atoms with Crippen LogP contribution in [0.4, 0.5) is 4.79 Å². The fraction of sp³-hybridized carbons (Fsp3) is 0.800. The standard InChI is InChI=1S/C10H16N2O3S/c13-6-10(3-1-2-4-10)12-8(14)7-5-16-9(15)11-7/h7,13H,1-6H2,(H,11,15)(H,12,14). The Balaban J connectivity index is 1.93. The molecule has 0 aromatic heterocycles. The second-order valence-electron chi connectivity index (χ2n) is 4.43. The second-order valence-corrected chi connectivity index (χ2v) is 5.42. The lowest BCUT2D eigenvalue weighted by Gasteiger charge is -2.29. The Morgan fingerprint density at radius 2 is 2.25 bits per heavy atom. The summed E-state index contributed by atoms with van der Waals surface area (Å²) in [7, 11) is 0. The van der Waals surface area contributed by atoms with Gasteiger partial charge in [-0.2, -0.15) is 0 Å². The number of aliphatic hydroxyl groups excluding tert-OH is 1. The number of aliphatic hydroxyl groups is 1. The van der Waals surface area contributed by atoms with Crippen LogP contribution in [0.2, 0.25) is 0 Å².